The number of ether oxygens (including phenoxy) is 3. The van der Waals surface area contributed by atoms with Crippen LogP contribution in [0.1, 0.15) is 17.3 Å². The molecule has 1 aliphatic rings. The maximum absolute atomic E-state index is 11.9. The summed E-state index contributed by atoms with van der Waals surface area (Å²) >= 11 is 0. The molecule has 5 nitrogen and oxygen atoms in total. The molecule has 1 atom stereocenters. The van der Waals surface area contributed by atoms with Crippen molar-refractivity contribution in [1.29, 1.82) is 0 Å². The van der Waals surface area contributed by atoms with Crippen molar-refractivity contribution in [3.05, 3.63) is 23.8 Å². The molecule has 1 N–H and O–H groups in total. The lowest BCUT2D eigenvalue weighted by molar-refractivity contribution is -0.861. The average Bonchev–Trinajstić information content (AvgIpc) is 2.74. The lowest BCUT2D eigenvalue weighted by atomic mass is 10.2. The number of hydrogen-bond donors (Lipinski definition) is 1. The van der Waals surface area contributed by atoms with Gasteiger partial charge in [0, 0.05) is 0 Å². The first-order chi connectivity index (χ1) is 8.56. The summed E-state index contributed by atoms with van der Waals surface area (Å²) in [7, 11) is 4.04. The van der Waals surface area contributed by atoms with E-state index in [0.717, 1.165) is 6.54 Å². The van der Waals surface area contributed by atoms with Crippen LogP contribution in [0.4, 0.5) is 0 Å². The SMILES string of the molecule is C[C@@H](C[NH+](C)C)OC(=O)c1ccc2c(c1)OCO2. The molecular formula is C13H18NO4+. The molecule has 0 saturated heterocycles. The lowest BCUT2D eigenvalue weighted by Crippen LogP contribution is -3.06. The molecule has 0 radical (unpaired) electrons. The van der Waals surface area contributed by atoms with Gasteiger partial charge in [0.15, 0.2) is 11.5 Å². The van der Waals surface area contributed by atoms with Gasteiger partial charge in [-0.3, -0.25) is 0 Å². The van der Waals surface area contributed by atoms with Crippen molar-refractivity contribution < 1.29 is 23.9 Å². The van der Waals surface area contributed by atoms with Crippen LogP contribution in [0, 0.1) is 0 Å². The van der Waals surface area contributed by atoms with E-state index in [9.17, 15) is 4.79 Å². The summed E-state index contributed by atoms with van der Waals surface area (Å²) in [5, 5.41) is 0. The minimum Gasteiger partial charge on any atom is -0.454 e. The smallest absolute Gasteiger partial charge is 0.338 e. The number of rotatable bonds is 4. The number of nitrogens with one attached hydrogen (secondary N) is 1. The minimum atomic E-state index is -0.331. The van der Waals surface area contributed by atoms with E-state index in [1.54, 1.807) is 18.2 Å². The Morgan fingerprint density at radius 1 is 1.39 bits per heavy atom. The van der Waals surface area contributed by atoms with E-state index in [1.807, 2.05) is 21.0 Å². The van der Waals surface area contributed by atoms with E-state index >= 15 is 0 Å². The second kappa shape index (κ2) is 5.27. The number of esters is 1. The quantitative estimate of drug-likeness (QED) is 0.772. The largest absolute Gasteiger partial charge is 0.454 e. The molecule has 0 fully saturated rings. The van der Waals surface area contributed by atoms with Crippen molar-refractivity contribution in [2.24, 2.45) is 0 Å². The molecule has 1 aromatic rings. The van der Waals surface area contributed by atoms with Crippen LogP contribution in [0.3, 0.4) is 0 Å². The zero-order chi connectivity index (χ0) is 13.1. The fourth-order valence-corrected chi connectivity index (χ4v) is 1.89. The molecule has 5 heteroatoms. The molecule has 98 valence electrons. The van der Waals surface area contributed by atoms with E-state index in [0.29, 0.717) is 17.1 Å². The fraction of sp³-hybridized carbons (Fsp3) is 0.462. The summed E-state index contributed by atoms with van der Waals surface area (Å²) in [5.74, 6) is 0.926. The van der Waals surface area contributed by atoms with Crippen LogP contribution < -0.4 is 14.4 Å². The maximum atomic E-state index is 11.9. The summed E-state index contributed by atoms with van der Waals surface area (Å²) in [4.78, 5) is 13.1. The molecule has 1 aliphatic heterocycles. The Labute approximate surface area is 106 Å². The molecule has 2 rings (SSSR count). The Bertz CT molecular complexity index is 445. The Balaban J connectivity index is 2.01. The molecule has 0 spiro atoms. The molecule has 0 unspecified atom stereocenters. The fourth-order valence-electron chi connectivity index (χ4n) is 1.89. The van der Waals surface area contributed by atoms with Crippen LogP contribution in [0.25, 0.3) is 0 Å². The molecule has 0 aliphatic carbocycles. The molecule has 0 bridgehead atoms. The predicted octanol–water partition coefficient (Wildman–Crippen LogP) is 0.105. The van der Waals surface area contributed by atoms with Crippen LogP contribution in [-0.2, 0) is 4.74 Å². The van der Waals surface area contributed by atoms with E-state index in [4.69, 9.17) is 14.2 Å². The number of carbonyl (C=O) groups excluding carboxylic acids is 1. The highest BCUT2D eigenvalue weighted by Crippen LogP contribution is 2.32. The Kier molecular flexibility index (Phi) is 3.72. The zero-order valence-corrected chi connectivity index (χ0v) is 10.9. The number of fused-ring (bicyclic) bond motifs is 1. The van der Waals surface area contributed by atoms with Crippen molar-refractivity contribution in [1.82, 2.24) is 0 Å². The highest BCUT2D eigenvalue weighted by Gasteiger charge is 2.19. The second-order valence-electron chi connectivity index (χ2n) is 4.70. The van der Waals surface area contributed by atoms with Gasteiger partial charge in [0.2, 0.25) is 6.79 Å². The van der Waals surface area contributed by atoms with Crippen molar-refractivity contribution in [2.45, 2.75) is 13.0 Å². The van der Waals surface area contributed by atoms with E-state index < -0.39 is 0 Å². The maximum Gasteiger partial charge on any atom is 0.338 e. The molecule has 1 heterocycles. The topological polar surface area (TPSA) is 49.2 Å². The number of quaternary nitrogens is 1. The van der Waals surface area contributed by atoms with E-state index in [-0.39, 0.29) is 18.9 Å². The normalized spacial score (nSPS) is 14.7. The van der Waals surface area contributed by atoms with Crippen LogP contribution >= 0.6 is 0 Å². The van der Waals surface area contributed by atoms with Gasteiger partial charge < -0.3 is 19.1 Å². The molecular weight excluding hydrogens is 234 g/mol. The number of carbonyl (C=O) groups is 1. The lowest BCUT2D eigenvalue weighted by Gasteiger charge is -2.15. The summed E-state index contributed by atoms with van der Waals surface area (Å²) in [5.41, 5.74) is 0.486. The standard InChI is InChI=1S/C13H17NO4/c1-9(7-14(2)3)18-13(15)10-4-5-11-12(6-10)17-8-16-11/h4-6,9H,7-8H2,1-3H3/p+1/t9-/m0/s1. The predicted molar refractivity (Wildman–Crippen MR) is 65.1 cm³/mol. The van der Waals surface area contributed by atoms with Crippen LogP contribution in [-0.4, -0.2) is 39.5 Å². The van der Waals surface area contributed by atoms with Crippen molar-refractivity contribution >= 4 is 5.97 Å². The Morgan fingerprint density at radius 3 is 2.83 bits per heavy atom. The number of likely N-dealkylation sites (N-methyl/N-ethyl adjacent to an activating group) is 1. The molecule has 1 aromatic carbocycles. The van der Waals surface area contributed by atoms with Crippen molar-refractivity contribution in [2.75, 3.05) is 27.4 Å². The second-order valence-corrected chi connectivity index (χ2v) is 4.70. The average molecular weight is 252 g/mol. The molecule has 18 heavy (non-hydrogen) atoms. The van der Waals surface area contributed by atoms with Gasteiger partial charge in [-0.05, 0) is 25.1 Å². The van der Waals surface area contributed by atoms with E-state index in [2.05, 4.69) is 0 Å². The first-order valence-electron chi connectivity index (χ1n) is 5.96. The first-order valence-corrected chi connectivity index (χ1v) is 5.96. The van der Waals surface area contributed by atoms with Gasteiger partial charge >= 0.3 is 5.97 Å². The van der Waals surface area contributed by atoms with Crippen LogP contribution in [0.2, 0.25) is 0 Å². The number of hydrogen-bond acceptors (Lipinski definition) is 4. The van der Waals surface area contributed by atoms with E-state index in [1.165, 1.54) is 4.90 Å². The Hall–Kier alpha value is -1.75. The van der Waals surface area contributed by atoms with Crippen LogP contribution in [0.15, 0.2) is 18.2 Å². The highest BCUT2D eigenvalue weighted by molar-refractivity contribution is 5.90. The first kappa shape index (κ1) is 12.7. The highest BCUT2D eigenvalue weighted by atomic mass is 16.7. The summed E-state index contributed by atoms with van der Waals surface area (Å²) in [6.07, 6.45) is -0.118. The van der Waals surface area contributed by atoms with Gasteiger partial charge in [-0.1, -0.05) is 0 Å². The van der Waals surface area contributed by atoms with Gasteiger partial charge in [0.1, 0.15) is 12.6 Å². The van der Waals surface area contributed by atoms with Crippen LogP contribution in [0.5, 0.6) is 11.5 Å². The minimum absolute atomic E-state index is 0.118. The zero-order valence-electron chi connectivity index (χ0n) is 10.9. The summed E-state index contributed by atoms with van der Waals surface area (Å²) in [6.45, 7) is 2.86. The molecule has 0 saturated carbocycles. The van der Waals surface area contributed by atoms with Crippen molar-refractivity contribution in [3.63, 3.8) is 0 Å². The monoisotopic (exact) mass is 252 g/mol. The summed E-state index contributed by atoms with van der Waals surface area (Å²) < 4.78 is 15.8. The third-order valence-corrected chi connectivity index (χ3v) is 2.61. The Morgan fingerprint density at radius 2 is 2.11 bits per heavy atom. The molecule has 0 aromatic heterocycles. The third kappa shape index (κ3) is 2.92. The summed E-state index contributed by atoms with van der Waals surface area (Å²) in [6, 6.07) is 5.06. The van der Waals surface area contributed by atoms with Gasteiger partial charge in [0.25, 0.3) is 0 Å². The van der Waals surface area contributed by atoms with Gasteiger partial charge in [0.05, 0.1) is 19.7 Å². The third-order valence-electron chi connectivity index (χ3n) is 2.61. The van der Waals surface area contributed by atoms with Gasteiger partial charge in [-0.15, -0.1) is 0 Å². The van der Waals surface area contributed by atoms with Gasteiger partial charge in [-0.25, -0.2) is 4.79 Å². The van der Waals surface area contributed by atoms with Gasteiger partial charge in [-0.2, -0.15) is 0 Å². The number of benzene rings is 1. The molecule has 0 amide bonds. The van der Waals surface area contributed by atoms with Crippen molar-refractivity contribution in [3.8, 4) is 11.5 Å².